The quantitative estimate of drug-likeness (QED) is 0.768. The molecule has 2 rings (SSSR count). The van der Waals surface area contributed by atoms with Gasteiger partial charge in [0.15, 0.2) is 0 Å². The molecule has 0 radical (unpaired) electrons. The van der Waals surface area contributed by atoms with Gasteiger partial charge in [0.05, 0.1) is 11.5 Å². The van der Waals surface area contributed by atoms with Crippen molar-refractivity contribution in [2.45, 2.75) is 6.42 Å². The Balaban J connectivity index is 1.73. The van der Waals surface area contributed by atoms with E-state index >= 15 is 0 Å². The number of nitrogens with one attached hydrogen (secondary N) is 1. The van der Waals surface area contributed by atoms with Gasteiger partial charge in [0.25, 0.3) is 5.91 Å². The molecule has 0 saturated carbocycles. The van der Waals surface area contributed by atoms with Crippen LogP contribution in [0.1, 0.15) is 15.9 Å². The topological polar surface area (TPSA) is 86.7 Å². The second-order valence-corrected chi connectivity index (χ2v) is 5.92. The number of hydrogen-bond acceptors (Lipinski definition) is 4. The predicted octanol–water partition coefficient (Wildman–Crippen LogP) is 0.619. The van der Waals surface area contributed by atoms with Gasteiger partial charge in [-0.1, -0.05) is 18.2 Å². The van der Waals surface area contributed by atoms with E-state index in [1.54, 1.807) is 4.90 Å². The molecular weight excluding hydrogens is 304 g/mol. The number of carboxylic acid groups (broad SMARTS) is 1. The number of hydrogen-bond donors (Lipinski definition) is 2. The molecule has 1 aromatic rings. The minimum Gasteiger partial charge on any atom is -0.481 e. The molecule has 0 unspecified atom stereocenters. The number of aliphatic carboxylic acids is 1. The Hall–Kier alpha value is -2.02. The maximum Gasteiger partial charge on any atom is 0.313 e. The van der Waals surface area contributed by atoms with Crippen molar-refractivity contribution < 1.29 is 19.5 Å². The lowest BCUT2D eigenvalue weighted by atomic mass is 9.99. The molecule has 0 atom stereocenters. The number of carbonyl (C=O) groups is 3. The SMILES string of the molecule is O=C(O)CSCC(=O)NCCN1CCc2ccccc2C1=O. The highest BCUT2D eigenvalue weighted by Gasteiger charge is 2.23. The Kier molecular flexibility index (Phi) is 5.83. The summed E-state index contributed by atoms with van der Waals surface area (Å²) in [5, 5.41) is 11.2. The van der Waals surface area contributed by atoms with Crippen molar-refractivity contribution >= 4 is 29.5 Å². The molecule has 0 saturated heterocycles. The van der Waals surface area contributed by atoms with Gasteiger partial charge in [-0.15, -0.1) is 11.8 Å². The first-order valence-electron chi connectivity index (χ1n) is 7.01. The zero-order valence-corrected chi connectivity index (χ0v) is 12.9. The summed E-state index contributed by atoms with van der Waals surface area (Å²) in [7, 11) is 0. The highest BCUT2D eigenvalue weighted by atomic mass is 32.2. The Morgan fingerprint density at radius 2 is 2.05 bits per heavy atom. The first-order valence-corrected chi connectivity index (χ1v) is 8.17. The second-order valence-electron chi connectivity index (χ2n) is 4.94. The third-order valence-electron chi connectivity index (χ3n) is 3.35. The molecule has 1 aliphatic rings. The monoisotopic (exact) mass is 322 g/mol. The molecule has 0 aromatic heterocycles. The molecule has 118 valence electrons. The number of carboxylic acids is 1. The number of carbonyl (C=O) groups excluding carboxylic acids is 2. The molecule has 2 N–H and O–H groups in total. The van der Waals surface area contributed by atoms with Gasteiger partial charge in [-0.2, -0.15) is 0 Å². The number of rotatable bonds is 7. The van der Waals surface area contributed by atoms with Crippen LogP contribution < -0.4 is 5.32 Å². The van der Waals surface area contributed by atoms with Gasteiger partial charge in [-0.3, -0.25) is 14.4 Å². The fraction of sp³-hybridized carbons (Fsp3) is 0.400. The van der Waals surface area contributed by atoms with Crippen molar-refractivity contribution in [3.63, 3.8) is 0 Å². The van der Waals surface area contributed by atoms with Crippen LogP contribution in [0.3, 0.4) is 0 Å². The van der Waals surface area contributed by atoms with E-state index in [0.29, 0.717) is 19.6 Å². The zero-order chi connectivity index (χ0) is 15.9. The largest absolute Gasteiger partial charge is 0.481 e. The van der Waals surface area contributed by atoms with E-state index in [1.807, 2.05) is 24.3 Å². The van der Waals surface area contributed by atoms with Crippen LogP contribution in [0.4, 0.5) is 0 Å². The summed E-state index contributed by atoms with van der Waals surface area (Å²) in [6.07, 6.45) is 0.824. The maximum atomic E-state index is 12.3. The van der Waals surface area contributed by atoms with Gasteiger partial charge < -0.3 is 15.3 Å². The molecule has 7 heteroatoms. The average molecular weight is 322 g/mol. The number of amides is 2. The third kappa shape index (κ3) is 4.49. The van der Waals surface area contributed by atoms with Crippen LogP contribution in [-0.4, -0.2) is 58.9 Å². The third-order valence-corrected chi connectivity index (χ3v) is 4.27. The van der Waals surface area contributed by atoms with Crippen molar-refractivity contribution in [2.75, 3.05) is 31.1 Å². The van der Waals surface area contributed by atoms with Gasteiger partial charge in [-0.05, 0) is 18.1 Å². The van der Waals surface area contributed by atoms with Crippen molar-refractivity contribution in [1.29, 1.82) is 0 Å². The first kappa shape index (κ1) is 16.4. The van der Waals surface area contributed by atoms with Crippen LogP contribution in [0, 0.1) is 0 Å². The number of nitrogens with zero attached hydrogens (tertiary/aromatic N) is 1. The lowest BCUT2D eigenvalue weighted by Crippen LogP contribution is -2.42. The van der Waals surface area contributed by atoms with Gasteiger partial charge in [-0.25, -0.2) is 0 Å². The van der Waals surface area contributed by atoms with E-state index in [1.165, 1.54) is 0 Å². The van der Waals surface area contributed by atoms with E-state index in [2.05, 4.69) is 5.32 Å². The molecular formula is C15H18N2O4S. The van der Waals surface area contributed by atoms with Gasteiger partial charge in [0, 0.05) is 25.2 Å². The van der Waals surface area contributed by atoms with E-state index in [9.17, 15) is 14.4 Å². The number of fused-ring (bicyclic) bond motifs is 1. The van der Waals surface area contributed by atoms with Crippen LogP contribution in [0.25, 0.3) is 0 Å². The fourth-order valence-electron chi connectivity index (χ4n) is 2.30. The first-order chi connectivity index (χ1) is 10.6. The molecule has 0 aliphatic carbocycles. The lowest BCUT2D eigenvalue weighted by molar-refractivity contribution is -0.133. The summed E-state index contributed by atoms with van der Waals surface area (Å²) in [4.78, 5) is 35.9. The van der Waals surface area contributed by atoms with Crippen molar-refractivity contribution in [1.82, 2.24) is 10.2 Å². The molecule has 1 heterocycles. The minimum atomic E-state index is -0.935. The molecule has 1 aromatic carbocycles. The number of benzene rings is 1. The van der Waals surface area contributed by atoms with Crippen molar-refractivity contribution in [3.05, 3.63) is 35.4 Å². The molecule has 0 fully saturated rings. The summed E-state index contributed by atoms with van der Waals surface area (Å²) >= 11 is 1.05. The second kappa shape index (κ2) is 7.84. The van der Waals surface area contributed by atoms with E-state index in [-0.39, 0.29) is 23.3 Å². The normalized spacial score (nSPS) is 13.6. The minimum absolute atomic E-state index is 0.00338. The maximum absolute atomic E-state index is 12.3. The molecule has 0 bridgehead atoms. The van der Waals surface area contributed by atoms with Gasteiger partial charge >= 0.3 is 5.97 Å². The Bertz CT molecular complexity index is 576. The van der Waals surface area contributed by atoms with Crippen molar-refractivity contribution in [3.8, 4) is 0 Å². The Labute approximate surface area is 132 Å². The molecule has 0 spiro atoms. The predicted molar refractivity (Wildman–Crippen MR) is 84.0 cm³/mol. The number of thioether (sulfide) groups is 1. The molecule has 6 nitrogen and oxygen atoms in total. The standard InChI is InChI=1S/C15H18N2O4S/c18-13(9-22-10-14(19)20)16-6-8-17-7-5-11-3-1-2-4-12(11)15(17)21/h1-4H,5-10H2,(H,16,18)(H,19,20). The average Bonchev–Trinajstić information content (AvgIpc) is 2.49. The molecule has 1 aliphatic heterocycles. The molecule has 22 heavy (non-hydrogen) atoms. The summed E-state index contributed by atoms with van der Waals surface area (Å²) in [6, 6.07) is 7.56. The summed E-state index contributed by atoms with van der Waals surface area (Å²) in [6.45, 7) is 1.49. The summed E-state index contributed by atoms with van der Waals surface area (Å²) < 4.78 is 0. The van der Waals surface area contributed by atoms with Crippen molar-refractivity contribution in [2.24, 2.45) is 0 Å². The summed E-state index contributed by atoms with van der Waals surface area (Å²) in [5.74, 6) is -1.12. The highest BCUT2D eigenvalue weighted by molar-refractivity contribution is 8.00. The fourth-order valence-corrected chi connectivity index (χ4v) is 2.86. The summed E-state index contributed by atoms with van der Waals surface area (Å²) in [5.41, 5.74) is 1.80. The van der Waals surface area contributed by atoms with Crippen LogP contribution in [-0.2, 0) is 16.0 Å². The van der Waals surface area contributed by atoms with Crippen LogP contribution in [0.2, 0.25) is 0 Å². The van der Waals surface area contributed by atoms with Crippen LogP contribution >= 0.6 is 11.8 Å². The van der Waals surface area contributed by atoms with E-state index in [0.717, 1.165) is 29.3 Å². The van der Waals surface area contributed by atoms with Crippen LogP contribution in [0.15, 0.2) is 24.3 Å². The van der Waals surface area contributed by atoms with E-state index in [4.69, 9.17) is 5.11 Å². The van der Waals surface area contributed by atoms with Gasteiger partial charge in [0.1, 0.15) is 0 Å². The Morgan fingerprint density at radius 1 is 1.27 bits per heavy atom. The zero-order valence-electron chi connectivity index (χ0n) is 12.1. The lowest BCUT2D eigenvalue weighted by Gasteiger charge is -2.28. The van der Waals surface area contributed by atoms with Crippen LogP contribution in [0.5, 0.6) is 0 Å². The smallest absolute Gasteiger partial charge is 0.313 e. The Morgan fingerprint density at radius 3 is 2.82 bits per heavy atom. The highest BCUT2D eigenvalue weighted by Crippen LogP contribution is 2.17. The molecule has 2 amide bonds. The van der Waals surface area contributed by atoms with E-state index < -0.39 is 5.97 Å². The van der Waals surface area contributed by atoms with Gasteiger partial charge in [0.2, 0.25) is 5.91 Å².